The van der Waals surface area contributed by atoms with E-state index < -0.39 is 17.9 Å². The van der Waals surface area contributed by atoms with E-state index in [1.807, 2.05) is 0 Å². The molecule has 0 aliphatic rings. The summed E-state index contributed by atoms with van der Waals surface area (Å²) in [4.78, 5) is 35.3. The minimum absolute atomic E-state index is 0.141. The Morgan fingerprint density at radius 1 is 0.682 bits per heavy atom. The molecule has 3 aromatic rings. The Hall–Kier alpha value is -4.63. The molecule has 0 bridgehead atoms. The van der Waals surface area contributed by atoms with Gasteiger partial charge in [0, 0.05) is 18.2 Å². The normalized spacial score (nSPS) is 10.6. The van der Waals surface area contributed by atoms with Crippen molar-refractivity contribution in [1.82, 2.24) is 0 Å². The maximum absolute atomic E-state index is 12.7. The van der Waals surface area contributed by atoms with Crippen LogP contribution in [0.15, 0.2) is 79.4 Å². The summed E-state index contributed by atoms with van der Waals surface area (Å²) < 4.78 is 22.2. The first-order valence-electron chi connectivity index (χ1n) is 14.9. The van der Waals surface area contributed by atoms with Gasteiger partial charge in [-0.2, -0.15) is 0 Å². The van der Waals surface area contributed by atoms with Crippen molar-refractivity contribution in [1.29, 1.82) is 0 Å². The summed E-state index contributed by atoms with van der Waals surface area (Å²) in [6.07, 6.45) is 8.10. The zero-order valence-corrected chi connectivity index (χ0v) is 24.9. The fourth-order valence-corrected chi connectivity index (χ4v) is 4.30. The Balaban J connectivity index is 1.50. The Labute approximate surface area is 258 Å². The number of carboxylic acids is 1. The average molecular weight is 605 g/mol. The molecule has 0 amide bonds. The van der Waals surface area contributed by atoms with Gasteiger partial charge in [-0.3, -0.25) is 0 Å². The Kier molecular flexibility index (Phi) is 14.5. The molecule has 0 spiro atoms. The van der Waals surface area contributed by atoms with E-state index in [4.69, 9.17) is 24.1 Å². The number of benzene rings is 3. The van der Waals surface area contributed by atoms with Crippen LogP contribution in [-0.2, 0) is 9.53 Å². The Bertz CT molecular complexity index is 1350. The minimum Gasteiger partial charge on any atom is -0.494 e. The molecule has 2 N–H and O–H groups in total. The van der Waals surface area contributed by atoms with Crippen molar-refractivity contribution in [2.45, 2.75) is 51.4 Å². The molecule has 0 aliphatic carbocycles. The lowest BCUT2D eigenvalue weighted by molar-refractivity contribution is -0.137. The maximum Gasteiger partial charge on any atom is 0.343 e. The van der Waals surface area contributed by atoms with Gasteiger partial charge in [-0.1, -0.05) is 25.1 Å². The lowest BCUT2D eigenvalue weighted by Gasteiger charge is -2.13. The van der Waals surface area contributed by atoms with E-state index in [2.05, 4.69) is 6.58 Å². The Morgan fingerprint density at radius 3 is 1.91 bits per heavy atom. The summed E-state index contributed by atoms with van der Waals surface area (Å²) in [6, 6.07) is 18.3. The number of carbonyl (C=O) groups excluding carboxylic acids is 2. The first-order chi connectivity index (χ1) is 21.4. The monoisotopic (exact) mass is 604 g/mol. The van der Waals surface area contributed by atoms with Crippen LogP contribution in [0.3, 0.4) is 0 Å². The van der Waals surface area contributed by atoms with Crippen LogP contribution in [0.1, 0.15) is 72.1 Å². The van der Waals surface area contributed by atoms with E-state index in [1.165, 1.54) is 6.07 Å². The maximum atomic E-state index is 12.7. The first-order valence-corrected chi connectivity index (χ1v) is 14.9. The first kappa shape index (κ1) is 33.9. The number of carbonyl (C=O) groups is 3. The molecule has 9 nitrogen and oxygen atoms in total. The molecular weight excluding hydrogens is 564 g/mol. The number of esters is 2. The highest BCUT2D eigenvalue weighted by Gasteiger charge is 2.13. The molecule has 3 rings (SSSR count). The van der Waals surface area contributed by atoms with Crippen molar-refractivity contribution in [3.05, 3.63) is 90.5 Å². The quantitative estimate of drug-likeness (QED) is 0.0614. The second-order valence-electron chi connectivity index (χ2n) is 10.1. The summed E-state index contributed by atoms with van der Waals surface area (Å²) in [5.41, 5.74) is 1.87. The molecule has 234 valence electrons. The standard InChI is InChI=1S/C35H40O9/c1-2-33(37)43-24-10-6-5-8-22-41-29-16-13-27(14-17-29)35(40)44-30-18-11-26(12-19-30)31-25-28(34(38)39)15-20-32(31)42-23-9-4-3-7-21-36/h2,11-20,25,36H,1,3-10,21-24H2,(H,38,39). The van der Waals surface area contributed by atoms with Crippen LogP contribution in [0.2, 0.25) is 0 Å². The summed E-state index contributed by atoms with van der Waals surface area (Å²) >= 11 is 0. The highest BCUT2D eigenvalue weighted by molar-refractivity contribution is 5.92. The van der Waals surface area contributed by atoms with E-state index in [9.17, 15) is 19.5 Å². The molecule has 0 aromatic heterocycles. The summed E-state index contributed by atoms with van der Waals surface area (Å²) in [6.45, 7) is 4.93. The lowest BCUT2D eigenvalue weighted by Crippen LogP contribution is -2.08. The molecule has 9 heteroatoms. The summed E-state index contributed by atoms with van der Waals surface area (Å²) in [5, 5.41) is 18.4. The number of aromatic carboxylic acids is 1. The van der Waals surface area contributed by atoms with Crippen LogP contribution in [-0.4, -0.2) is 54.5 Å². The SMILES string of the molecule is C=CC(=O)OCCCCCCOc1ccc(C(=O)Oc2ccc(-c3cc(C(=O)O)ccc3OCCCCCCO)cc2)cc1. The van der Waals surface area contributed by atoms with Crippen LogP contribution >= 0.6 is 0 Å². The highest BCUT2D eigenvalue weighted by Crippen LogP contribution is 2.33. The van der Waals surface area contributed by atoms with E-state index in [0.717, 1.165) is 63.0 Å². The van der Waals surface area contributed by atoms with Gasteiger partial charge < -0.3 is 29.2 Å². The van der Waals surface area contributed by atoms with Crippen molar-refractivity contribution in [3.63, 3.8) is 0 Å². The van der Waals surface area contributed by atoms with Crippen molar-refractivity contribution in [2.75, 3.05) is 26.4 Å². The van der Waals surface area contributed by atoms with Crippen LogP contribution < -0.4 is 14.2 Å². The van der Waals surface area contributed by atoms with Crippen molar-refractivity contribution in [3.8, 4) is 28.4 Å². The van der Waals surface area contributed by atoms with E-state index in [1.54, 1.807) is 60.7 Å². The summed E-state index contributed by atoms with van der Waals surface area (Å²) in [5.74, 6) is -0.395. The van der Waals surface area contributed by atoms with Crippen LogP contribution in [0.25, 0.3) is 11.1 Å². The number of hydrogen-bond donors (Lipinski definition) is 2. The highest BCUT2D eigenvalue weighted by atomic mass is 16.5. The molecule has 0 aliphatic heterocycles. The average Bonchev–Trinajstić information content (AvgIpc) is 3.04. The van der Waals surface area contributed by atoms with E-state index >= 15 is 0 Å². The Morgan fingerprint density at radius 2 is 1.27 bits per heavy atom. The molecule has 0 unspecified atom stereocenters. The van der Waals surface area contributed by atoms with Crippen LogP contribution in [0.4, 0.5) is 0 Å². The van der Waals surface area contributed by atoms with Gasteiger partial charge in [-0.25, -0.2) is 14.4 Å². The number of unbranched alkanes of at least 4 members (excludes halogenated alkanes) is 6. The zero-order valence-electron chi connectivity index (χ0n) is 24.9. The molecule has 44 heavy (non-hydrogen) atoms. The summed E-state index contributed by atoms with van der Waals surface area (Å²) in [7, 11) is 0. The number of hydrogen-bond acceptors (Lipinski definition) is 8. The van der Waals surface area contributed by atoms with Gasteiger partial charge >= 0.3 is 17.9 Å². The van der Waals surface area contributed by atoms with Crippen LogP contribution in [0, 0.1) is 0 Å². The number of ether oxygens (including phenoxy) is 4. The molecule has 3 aromatic carbocycles. The van der Waals surface area contributed by atoms with Gasteiger partial charge in [0.1, 0.15) is 17.2 Å². The fraction of sp³-hybridized carbons (Fsp3) is 0.343. The van der Waals surface area contributed by atoms with Gasteiger partial charge in [-0.15, -0.1) is 0 Å². The molecule has 0 saturated carbocycles. The van der Waals surface area contributed by atoms with Gasteiger partial charge in [-0.05, 0) is 105 Å². The number of carboxylic acid groups (broad SMARTS) is 1. The predicted molar refractivity (Wildman–Crippen MR) is 166 cm³/mol. The van der Waals surface area contributed by atoms with Gasteiger partial charge in [0.05, 0.1) is 30.9 Å². The molecule has 0 atom stereocenters. The molecule has 0 fully saturated rings. The molecule has 0 radical (unpaired) electrons. The van der Waals surface area contributed by atoms with Gasteiger partial charge in [0.25, 0.3) is 0 Å². The third-order valence-electron chi connectivity index (χ3n) is 6.72. The van der Waals surface area contributed by atoms with Crippen molar-refractivity contribution in [2.24, 2.45) is 0 Å². The number of aliphatic hydroxyl groups is 1. The molecular formula is C35H40O9. The van der Waals surface area contributed by atoms with E-state index in [-0.39, 0.29) is 12.2 Å². The zero-order chi connectivity index (χ0) is 31.6. The third-order valence-corrected chi connectivity index (χ3v) is 6.72. The van der Waals surface area contributed by atoms with Gasteiger partial charge in [0.15, 0.2) is 0 Å². The lowest BCUT2D eigenvalue weighted by atomic mass is 10.0. The van der Waals surface area contributed by atoms with Crippen LogP contribution in [0.5, 0.6) is 17.2 Å². The van der Waals surface area contributed by atoms with Crippen molar-refractivity contribution < 1.29 is 43.5 Å². The second kappa shape index (κ2) is 18.8. The topological polar surface area (TPSA) is 129 Å². The number of aliphatic hydroxyl groups excluding tert-OH is 1. The number of rotatable bonds is 20. The fourth-order valence-electron chi connectivity index (χ4n) is 4.30. The smallest absolute Gasteiger partial charge is 0.343 e. The van der Waals surface area contributed by atoms with E-state index in [0.29, 0.717) is 48.2 Å². The molecule has 0 heterocycles. The largest absolute Gasteiger partial charge is 0.494 e. The predicted octanol–water partition coefficient (Wildman–Crippen LogP) is 6.87. The minimum atomic E-state index is -1.04. The molecule has 0 saturated heterocycles. The van der Waals surface area contributed by atoms with Crippen molar-refractivity contribution >= 4 is 17.9 Å². The van der Waals surface area contributed by atoms with Gasteiger partial charge in [0.2, 0.25) is 0 Å². The second-order valence-corrected chi connectivity index (χ2v) is 10.1. The third kappa shape index (κ3) is 11.6.